The Kier molecular flexibility index (Phi) is 9.74. The lowest BCUT2D eigenvalue weighted by Crippen LogP contribution is -2.62. The van der Waals surface area contributed by atoms with Crippen molar-refractivity contribution in [3.63, 3.8) is 0 Å². The predicted octanol–water partition coefficient (Wildman–Crippen LogP) is 4.14. The number of hydrogen-bond acceptors (Lipinski definition) is 9. The van der Waals surface area contributed by atoms with Gasteiger partial charge in [-0.3, -0.25) is 19.2 Å². The van der Waals surface area contributed by atoms with E-state index in [0.717, 1.165) is 0 Å². The molecule has 9 nitrogen and oxygen atoms in total. The van der Waals surface area contributed by atoms with Crippen molar-refractivity contribution in [1.29, 1.82) is 0 Å². The van der Waals surface area contributed by atoms with Crippen molar-refractivity contribution >= 4 is 23.9 Å². The van der Waals surface area contributed by atoms with E-state index >= 15 is 4.39 Å². The Morgan fingerprint density at radius 2 is 0.917 bits per heavy atom. The average molecular weight is 519 g/mol. The summed E-state index contributed by atoms with van der Waals surface area (Å²) < 4.78 is 42.8. The molecule has 0 aliphatic carbocycles. The number of alkyl halides is 1. The fourth-order valence-corrected chi connectivity index (χ4v) is 2.68. The van der Waals surface area contributed by atoms with Gasteiger partial charge in [0.05, 0.1) is 21.7 Å². The van der Waals surface area contributed by atoms with Gasteiger partial charge >= 0.3 is 23.9 Å². The SMILES string of the molecule is CC(C)(C)C(=O)OCC1OC(F)C(OC(=O)C(C)(C)C)C(OC(=O)C(C)(C)C)C1OC(=O)C(C)(C)C. The monoisotopic (exact) mass is 518 g/mol. The van der Waals surface area contributed by atoms with Crippen LogP contribution in [0.5, 0.6) is 0 Å². The fraction of sp³-hybridized carbons (Fsp3) is 0.846. The Bertz CT molecular complexity index is 824. The highest BCUT2D eigenvalue weighted by Crippen LogP contribution is 2.34. The Morgan fingerprint density at radius 3 is 1.28 bits per heavy atom. The first-order valence-electron chi connectivity index (χ1n) is 12.1. The first-order chi connectivity index (χ1) is 16.0. The molecule has 5 unspecified atom stereocenters. The van der Waals surface area contributed by atoms with Crippen LogP contribution in [0, 0.1) is 21.7 Å². The summed E-state index contributed by atoms with van der Waals surface area (Å²) in [7, 11) is 0. The van der Waals surface area contributed by atoms with Crippen molar-refractivity contribution in [1.82, 2.24) is 0 Å². The first kappa shape index (κ1) is 31.8. The zero-order valence-corrected chi connectivity index (χ0v) is 23.6. The fourth-order valence-electron chi connectivity index (χ4n) is 2.68. The second-order valence-corrected chi connectivity index (χ2v) is 13.2. The van der Waals surface area contributed by atoms with E-state index in [1.54, 1.807) is 83.1 Å². The van der Waals surface area contributed by atoms with Crippen molar-refractivity contribution in [2.75, 3.05) is 6.61 Å². The first-order valence-corrected chi connectivity index (χ1v) is 12.1. The van der Waals surface area contributed by atoms with Gasteiger partial charge in [-0.25, -0.2) is 4.39 Å². The second kappa shape index (κ2) is 11.0. The molecule has 1 aliphatic rings. The molecule has 0 aromatic rings. The summed E-state index contributed by atoms with van der Waals surface area (Å²) in [5.74, 6) is -2.79. The minimum Gasteiger partial charge on any atom is -0.462 e. The summed E-state index contributed by atoms with van der Waals surface area (Å²) in [5.41, 5.74) is -3.84. The third-order valence-corrected chi connectivity index (χ3v) is 5.13. The van der Waals surface area contributed by atoms with Gasteiger partial charge in [0.1, 0.15) is 12.7 Å². The van der Waals surface area contributed by atoms with Gasteiger partial charge in [-0.05, 0) is 83.1 Å². The quantitative estimate of drug-likeness (QED) is 0.391. The Balaban J connectivity index is 3.50. The maximum atomic E-state index is 15.4. The minimum atomic E-state index is -2.25. The van der Waals surface area contributed by atoms with Gasteiger partial charge in [0.15, 0.2) is 18.3 Å². The van der Waals surface area contributed by atoms with Crippen LogP contribution in [0.4, 0.5) is 4.39 Å². The van der Waals surface area contributed by atoms with E-state index in [9.17, 15) is 19.2 Å². The predicted molar refractivity (Wildman–Crippen MR) is 128 cm³/mol. The van der Waals surface area contributed by atoms with Crippen LogP contribution in [0.15, 0.2) is 0 Å². The van der Waals surface area contributed by atoms with Crippen LogP contribution >= 0.6 is 0 Å². The number of hydrogen-bond donors (Lipinski definition) is 0. The Hall–Kier alpha value is -2.23. The van der Waals surface area contributed by atoms with E-state index in [1.165, 1.54) is 0 Å². The van der Waals surface area contributed by atoms with Crippen molar-refractivity contribution in [3.05, 3.63) is 0 Å². The zero-order chi connectivity index (χ0) is 28.4. The van der Waals surface area contributed by atoms with Crippen LogP contribution < -0.4 is 0 Å². The van der Waals surface area contributed by atoms with Crippen LogP contribution in [0.2, 0.25) is 0 Å². The molecule has 0 N–H and O–H groups in total. The van der Waals surface area contributed by atoms with Gasteiger partial charge in [0.2, 0.25) is 6.36 Å². The molecule has 0 saturated carbocycles. The zero-order valence-electron chi connectivity index (χ0n) is 23.6. The summed E-state index contributed by atoms with van der Waals surface area (Å²) in [5, 5.41) is 0. The number of halogens is 1. The van der Waals surface area contributed by atoms with Gasteiger partial charge in [-0.15, -0.1) is 0 Å². The van der Waals surface area contributed by atoms with E-state index in [1.807, 2.05) is 0 Å². The van der Waals surface area contributed by atoms with Crippen molar-refractivity contribution < 1.29 is 47.3 Å². The van der Waals surface area contributed by atoms with Gasteiger partial charge in [0.25, 0.3) is 0 Å². The molecular formula is C26H43FO9. The van der Waals surface area contributed by atoms with Gasteiger partial charge in [-0.2, -0.15) is 0 Å². The van der Waals surface area contributed by atoms with Crippen LogP contribution in [-0.4, -0.2) is 61.3 Å². The lowest BCUT2D eigenvalue weighted by atomic mass is 9.93. The normalized spacial score (nSPS) is 25.5. The minimum absolute atomic E-state index is 0.484. The Labute approximate surface area is 213 Å². The van der Waals surface area contributed by atoms with Crippen molar-refractivity contribution in [2.24, 2.45) is 21.7 Å². The molecule has 10 heteroatoms. The molecule has 0 bridgehead atoms. The third-order valence-electron chi connectivity index (χ3n) is 5.13. The Morgan fingerprint density at radius 1 is 0.583 bits per heavy atom. The molecule has 0 aromatic heterocycles. The van der Waals surface area contributed by atoms with E-state index in [4.69, 9.17) is 23.7 Å². The number of carbonyl (C=O) groups is 4. The molecule has 36 heavy (non-hydrogen) atoms. The largest absolute Gasteiger partial charge is 0.462 e. The molecule has 0 spiro atoms. The molecule has 1 rings (SSSR count). The highest BCUT2D eigenvalue weighted by molar-refractivity contribution is 5.78. The van der Waals surface area contributed by atoms with Crippen LogP contribution in [0.25, 0.3) is 0 Å². The molecule has 1 aliphatic heterocycles. The van der Waals surface area contributed by atoms with E-state index in [-0.39, 0.29) is 0 Å². The maximum Gasteiger partial charge on any atom is 0.311 e. The number of rotatable bonds is 5. The van der Waals surface area contributed by atoms with Gasteiger partial charge in [0, 0.05) is 0 Å². The number of esters is 4. The van der Waals surface area contributed by atoms with E-state index < -0.39 is 82.9 Å². The topological polar surface area (TPSA) is 114 Å². The molecule has 1 heterocycles. The van der Waals surface area contributed by atoms with Crippen LogP contribution in [0.1, 0.15) is 83.1 Å². The lowest BCUT2D eigenvalue weighted by molar-refractivity contribution is -0.283. The smallest absolute Gasteiger partial charge is 0.311 e. The summed E-state index contributed by atoms with van der Waals surface area (Å²) in [6.45, 7) is 18.8. The standard InChI is InChI=1S/C26H43FO9/c1-23(2,3)19(28)32-13-14-15(34-20(29)24(4,5)6)16(35-21(30)25(7,8)9)17(18(27)33-14)36-22(31)26(10,11)12/h14-18H,13H2,1-12H3. The van der Waals surface area contributed by atoms with Crippen LogP contribution in [0.3, 0.4) is 0 Å². The summed E-state index contributed by atoms with van der Waals surface area (Å²) in [6, 6.07) is 0. The molecule has 5 atom stereocenters. The molecule has 0 radical (unpaired) electrons. The summed E-state index contributed by atoms with van der Waals surface area (Å²) in [4.78, 5) is 50.7. The van der Waals surface area contributed by atoms with Gasteiger partial charge < -0.3 is 23.7 Å². The average Bonchev–Trinajstić information content (AvgIpc) is 2.67. The second-order valence-electron chi connectivity index (χ2n) is 13.2. The number of carbonyl (C=O) groups excluding carboxylic acids is 4. The maximum absolute atomic E-state index is 15.4. The molecule has 0 amide bonds. The molecule has 0 aromatic carbocycles. The molecular weight excluding hydrogens is 475 g/mol. The number of ether oxygens (including phenoxy) is 5. The molecule has 1 saturated heterocycles. The van der Waals surface area contributed by atoms with Crippen molar-refractivity contribution in [3.8, 4) is 0 Å². The molecule has 1 fully saturated rings. The summed E-state index contributed by atoms with van der Waals surface area (Å²) >= 11 is 0. The van der Waals surface area contributed by atoms with Crippen molar-refractivity contribution in [2.45, 2.75) is 114 Å². The van der Waals surface area contributed by atoms with Crippen LogP contribution in [-0.2, 0) is 42.9 Å². The lowest BCUT2D eigenvalue weighted by Gasteiger charge is -2.43. The highest BCUT2D eigenvalue weighted by atomic mass is 19.1. The molecule has 208 valence electrons. The third kappa shape index (κ3) is 8.71. The van der Waals surface area contributed by atoms with Gasteiger partial charge in [-0.1, -0.05) is 0 Å². The highest BCUT2D eigenvalue weighted by Gasteiger charge is 2.55. The summed E-state index contributed by atoms with van der Waals surface area (Å²) in [6.07, 6.45) is -8.30. The van der Waals surface area contributed by atoms with E-state index in [2.05, 4.69) is 0 Å². The van der Waals surface area contributed by atoms with E-state index in [0.29, 0.717) is 0 Å².